The van der Waals surface area contributed by atoms with Crippen LogP contribution >= 0.6 is 0 Å². The molecule has 0 radical (unpaired) electrons. The number of hydrogen-bond donors (Lipinski definition) is 3. The molecule has 17 heavy (non-hydrogen) atoms. The highest BCUT2D eigenvalue weighted by Crippen LogP contribution is 2.28. The van der Waals surface area contributed by atoms with Crippen molar-refractivity contribution in [3.05, 3.63) is 23.8 Å². The predicted molar refractivity (Wildman–Crippen MR) is 63.3 cm³/mol. The summed E-state index contributed by atoms with van der Waals surface area (Å²) in [5, 5.41) is 21.0. The number of hydrogen-bond acceptors (Lipinski definition) is 4. The van der Waals surface area contributed by atoms with Crippen molar-refractivity contribution < 1.29 is 19.7 Å². The predicted octanol–water partition coefficient (Wildman–Crippen LogP) is 1.53. The number of ether oxygens (including phenoxy) is 1. The minimum absolute atomic E-state index is 0.00356. The number of rotatable bonds is 6. The number of phenols is 1. The van der Waals surface area contributed by atoms with Crippen LogP contribution in [0.2, 0.25) is 0 Å². The molecule has 1 aromatic carbocycles. The lowest BCUT2D eigenvalue weighted by atomic mass is 10.1. The van der Waals surface area contributed by atoms with Gasteiger partial charge < -0.3 is 20.3 Å². The monoisotopic (exact) mass is 239 g/mol. The molecule has 1 unspecified atom stereocenters. The van der Waals surface area contributed by atoms with Gasteiger partial charge in [0, 0.05) is 12.6 Å². The number of carbonyl (C=O) groups is 1. The van der Waals surface area contributed by atoms with Crippen molar-refractivity contribution in [2.45, 2.75) is 19.4 Å². The Morgan fingerprint density at radius 1 is 1.53 bits per heavy atom. The third-order valence-electron chi connectivity index (χ3n) is 2.49. The zero-order valence-electron chi connectivity index (χ0n) is 9.93. The van der Waals surface area contributed by atoms with Crippen LogP contribution in [-0.2, 0) is 4.79 Å². The van der Waals surface area contributed by atoms with Crippen molar-refractivity contribution >= 4 is 5.97 Å². The van der Waals surface area contributed by atoms with Gasteiger partial charge in [0.25, 0.3) is 0 Å². The summed E-state index contributed by atoms with van der Waals surface area (Å²) in [6.07, 6.45) is 0.0829. The van der Waals surface area contributed by atoms with E-state index in [-0.39, 0.29) is 18.2 Å². The van der Waals surface area contributed by atoms with E-state index in [4.69, 9.17) is 9.84 Å². The summed E-state index contributed by atoms with van der Waals surface area (Å²) >= 11 is 0. The molecule has 1 atom stereocenters. The van der Waals surface area contributed by atoms with Gasteiger partial charge in [0.2, 0.25) is 0 Å². The van der Waals surface area contributed by atoms with E-state index in [1.165, 1.54) is 7.11 Å². The van der Waals surface area contributed by atoms with Gasteiger partial charge in [0.15, 0.2) is 11.5 Å². The van der Waals surface area contributed by atoms with Gasteiger partial charge in [-0.05, 0) is 24.6 Å². The summed E-state index contributed by atoms with van der Waals surface area (Å²) in [6, 6.07) is 5.07. The van der Waals surface area contributed by atoms with Gasteiger partial charge in [-0.3, -0.25) is 4.79 Å². The number of methoxy groups -OCH3 is 1. The Bertz CT molecular complexity index is 392. The van der Waals surface area contributed by atoms with Gasteiger partial charge in [0.1, 0.15) is 0 Å². The Morgan fingerprint density at radius 2 is 2.24 bits per heavy atom. The topological polar surface area (TPSA) is 78.8 Å². The molecular formula is C12H17NO4. The number of phenolic OH excluding ortho intramolecular Hbond substituents is 1. The summed E-state index contributed by atoms with van der Waals surface area (Å²) in [6.45, 7) is 2.33. The van der Waals surface area contributed by atoms with E-state index in [9.17, 15) is 9.90 Å². The Morgan fingerprint density at radius 3 is 2.82 bits per heavy atom. The Labute approximate surface area is 100 Å². The first kappa shape index (κ1) is 13.3. The lowest BCUT2D eigenvalue weighted by Gasteiger charge is -2.15. The highest BCUT2D eigenvalue weighted by atomic mass is 16.5. The smallest absolute Gasteiger partial charge is 0.304 e. The van der Waals surface area contributed by atoms with Crippen molar-refractivity contribution in [1.29, 1.82) is 0 Å². The first-order valence-electron chi connectivity index (χ1n) is 5.36. The molecule has 94 valence electrons. The SMILES string of the molecule is COc1cc(C(C)NCCC(=O)O)ccc1O. The van der Waals surface area contributed by atoms with Crippen LogP contribution in [-0.4, -0.2) is 29.8 Å². The second-order valence-corrected chi connectivity index (χ2v) is 3.75. The molecule has 5 heteroatoms. The fourth-order valence-corrected chi connectivity index (χ4v) is 1.48. The summed E-state index contributed by atoms with van der Waals surface area (Å²) in [4.78, 5) is 10.4. The molecular weight excluding hydrogens is 222 g/mol. The third-order valence-corrected chi connectivity index (χ3v) is 2.49. The summed E-state index contributed by atoms with van der Waals surface area (Å²) in [5.74, 6) is -0.323. The highest BCUT2D eigenvalue weighted by molar-refractivity contribution is 5.66. The van der Waals surface area contributed by atoms with Crippen LogP contribution in [0, 0.1) is 0 Å². The molecule has 0 spiro atoms. The van der Waals surface area contributed by atoms with Gasteiger partial charge in [-0.1, -0.05) is 6.07 Å². The van der Waals surface area contributed by atoms with Crippen LogP contribution < -0.4 is 10.1 Å². The Balaban J connectivity index is 2.62. The standard InChI is InChI=1S/C12H17NO4/c1-8(13-6-5-12(15)16)9-3-4-10(14)11(7-9)17-2/h3-4,7-8,13-14H,5-6H2,1-2H3,(H,15,16). The molecule has 0 fully saturated rings. The minimum atomic E-state index is -0.826. The van der Waals surface area contributed by atoms with Gasteiger partial charge in [-0.25, -0.2) is 0 Å². The van der Waals surface area contributed by atoms with Crippen molar-refractivity contribution in [2.75, 3.05) is 13.7 Å². The average molecular weight is 239 g/mol. The third kappa shape index (κ3) is 3.96. The molecule has 3 N–H and O–H groups in total. The minimum Gasteiger partial charge on any atom is -0.504 e. The number of nitrogens with one attached hydrogen (secondary N) is 1. The van der Waals surface area contributed by atoms with E-state index in [1.54, 1.807) is 18.2 Å². The van der Waals surface area contributed by atoms with E-state index in [0.717, 1.165) is 5.56 Å². The highest BCUT2D eigenvalue weighted by Gasteiger charge is 2.09. The maximum atomic E-state index is 10.4. The number of benzene rings is 1. The fourth-order valence-electron chi connectivity index (χ4n) is 1.48. The van der Waals surface area contributed by atoms with E-state index >= 15 is 0 Å². The lowest BCUT2D eigenvalue weighted by molar-refractivity contribution is -0.136. The summed E-state index contributed by atoms with van der Waals surface area (Å²) in [7, 11) is 1.49. The number of aliphatic carboxylic acids is 1. The van der Waals surface area contributed by atoms with Gasteiger partial charge in [0.05, 0.1) is 13.5 Å². The van der Waals surface area contributed by atoms with Crippen molar-refractivity contribution in [3.8, 4) is 11.5 Å². The quantitative estimate of drug-likeness (QED) is 0.701. The van der Waals surface area contributed by atoms with Gasteiger partial charge in [-0.15, -0.1) is 0 Å². The molecule has 0 aliphatic heterocycles. The molecule has 0 aromatic heterocycles. The second-order valence-electron chi connectivity index (χ2n) is 3.75. The van der Waals surface area contributed by atoms with Crippen molar-refractivity contribution in [2.24, 2.45) is 0 Å². The first-order chi connectivity index (χ1) is 8.04. The summed E-state index contributed by atoms with van der Waals surface area (Å²) < 4.78 is 5.01. The zero-order chi connectivity index (χ0) is 12.8. The number of aromatic hydroxyl groups is 1. The average Bonchev–Trinajstić information content (AvgIpc) is 2.29. The number of carboxylic acid groups (broad SMARTS) is 1. The normalized spacial score (nSPS) is 12.1. The van der Waals surface area contributed by atoms with Crippen LogP contribution in [0.4, 0.5) is 0 Å². The van der Waals surface area contributed by atoms with Crippen LogP contribution in [0.1, 0.15) is 24.9 Å². The largest absolute Gasteiger partial charge is 0.504 e. The first-order valence-corrected chi connectivity index (χ1v) is 5.36. The van der Waals surface area contributed by atoms with Crippen LogP contribution in [0.5, 0.6) is 11.5 Å². The molecule has 1 rings (SSSR count). The molecule has 0 aliphatic carbocycles. The fraction of sp³-hybridized carbons (Fsp3) is 0.417. The second kappa shape index (κ2) is 6.10. The van der Waals surface area contributed by atoms with Crippen LogP contribution in [0.25, 0.3) is 0 Å². The van der Waals surface area contributed by atoms with Crippen LogP contribution in [0.3, 0.4) is 0 Å². The van der Waals surface area contributed by atoms with E-state index in [2.05, 4.69) is 5.32 Å². The maximum Gasteiger partial charge on any atom is 0.304 e. The summed E-state index contributed by atoms with van der Waals surface area (Å²) in [5.41, 5.74) is 0.935. The van der Waals surface area contributed by atoms with Gasteiger partial charge in [-0.2, -0.15) is 0 Å². The zero-order valence-corrected chi connectivity index (χ0v) is 9.93. The van der Waals surface area contributed by atoms with E-state index < -0.39 is 5.97 Å². The molecule has 0 saturated heterocycles. The van der Waals surface area contributed by atoms with Crippen LogP contribution in [0.15, 0.2) is 18.2 Å². The van der Waals surface area contributed by atoms with E-state index in [1.807, 2.05) is 6.92 Å². The van der Waals surface area contributed by atoms with Gasteiger partial charge >= 0.3 is 5.97 Å². The molecule has 0 saturated carbocycles. The molecule has 0 heterocycles. The van der Waals surface area contributed by atoms with Crippen molar-refractivity contribution in [3.63, 3.8) is 0 Å². The molecule has 0 amide bonds. The van der Waals surface area contributed by atoms with Crippen molar-refractivity contribution in [1.82, 2.24) is 5.32 Å². The van der Waals surface area contributed by atoms with E-state index in [0.29, 0.717) is 12.3 Å². The Kier molecular flexibility index (Phi) is 4.78. The molecule has 1 aromatic rings. The molecule has 5 nitrogen and oxygen atoms in total. The molecule has 0 bridgehead atoms. The molecule has 0 aliphatic rings. The maximum absolute atomic E-state index is 10.4. The Hall–Kier alpha value is -1.75. The lowest BCUT2D eigenvalue weighted by Crippen LogP contribution is -2.21. The number of carboxylic acids is 1.